The van der Waals surface area contributed by atoms with E-state index < -0.39 is 5.97 Å². The van der Waals surface area contributed by atoms with Crippen molar-refractivity contribution < 1.29 is 14.3 Å². The fourth-order valence-corrected chi connectivity index (χ4v) is 2.71. The second-order valence-corrected chi connectivity index (χ2v) is 5.48. The third kappa shape index (κ3) is 4.44. The zero-order chi connectivity index (χ0) is 13.1. The molecule has 0 spiro atoms. The maximum Gasteiger partial charge on any atom is 0.306 e. The number of nitrogens with zero attached hydrogens (tertiary/aromatic N) is 1. The number of hydrogen-bond acceptors (Lipinski definition) is 2. The molecule has 1 aromatic carbocycles. The maximum absolute atomic E-state index is 13.0. The van der Waals surface area contributed by atoms with E-state index in [9.17, 15) is 9.18 Å². The van der Waals surface area contributed by atoms with Crippen LogP contribution in [0.25, 0.3) is 0 Å². The summed E-state index contributed by atoms with van der Waals surface area (Å²) < 4.78 is 13.7. The zero-order valence-corrected chi connectivity index (χ0v) is 12.7. The fraction of sp³-hybridized carbons (Fsp3) is 0.462. The molecule has 0 atom stereocenters. The fourth-order valence-electron chi connectivity index (χ4n) is 2.23. The van der Waals surface area contributed by atoms with Crippen LogP contribution in [0.4, 0.5) is 4.39 Å². The molecule has 19 heavy (non-hydrogen) atoms. The molecule has 6 heteroatoms. The molecular weight excluding hydrogens is 337 g/mol. The van der Waals surface area contributed by atoms with Gasteiger partial charge >= 0.3 is 5.97 Å². The summed E-state index contributed by atoms with van der Waals surface area (Å²) in [5, 5.41) is 8.92. The average Bonchev–Trinajstić information content (AvgIpc) is 2.33. The van der Waals surface area contributed by atoms with Crippen molar-refractivity contribution in [2.45, 2.75) is 19.4 Å². The molecule has 1 aliphatic rings. The molecule has 0 amide bonds. The highest BCUT2D eigenvalue weighted by Gasteiger charge is 2.24. The first kappa shape index (κ1) is 16.4. The van der Waals surface area contributed by atoms with Gasteiger partial charge in [0.15, 0.2) is 0 Å². The minimum Gasteiger partial charge on any atom is -0.481 e. The molecule has 0 unspecified atom stereocenters. The highest BCUT2D eigenvalue weighted by Crippen LogP contribution is 2.23. The second kappa shape index (κ2) is 7.22. The molecule has 0 saturated carbocycles. The number of piperidine rings is 1. The van der Waals surface area contributed by atoms with Gasteiger partial charge in [-0.2, -0.15) is 0 Å². The van der Waals surface area contributed by atoms with E-state index in [1.54, 1.807) is 6.07 Å². The molecule has 1 saturated heterocycles. The van der Waals surface area contributed by atoms with Crippen LogP contribution < -0.4 is 0 Å². The number of carboxylic acid groups (broad SMARTS) is 1. The first-order chi connectivity index (χ1) is 8.56. The Balaban J connectivity index is 0.00000180. The van der Waals surface area contributed by atoms with E-state index in [2.05, 4.69) is 20.8 Å². The second-order valence-electron chi connectivity index (χ2n) is 4.62. The van der Waals surface area contributed by atoms with Crippen LogP contribution in [0.1, 0.15) is 18.4 Å². The molecule has 1 fully saturated rings. The van der Waals surface area contributed by atoms with Crippen LogP contribution in [0, 0.1) is 11.7 Å². The molecule has 0 aromatic heterocycles. The van der Waals surface area contributed by atoms with E-state index in [0.29, 0.717) is 12.8 Å². The van der Waals surface area contributed by atoms with Crippen LogP contribution in [0.5, 0.6) is 0 Å². The van der Waals surface area contributed by atoms with Crippen LogP contribution >= 0.6 is 28.3 Å². The van der Waals surface area contributed by atoms with Crippen molar-refractivity contribution in [3.8, 4) is 0 Å². The van der Waals surface area contributed by atoms with Crippen molar-refractivity contribution in [3.05, 3.63) is 34.1 Å². The van der Waals surface area contributed by atoms with Crippen LogP contribution in [0.15, 0.2) is 22.7 Å². The lowest BCUT2D eigenvalue weighted by atomic mass is 9.97. The van der Waals surface area contributed by atoms with Gasteiger partial charge in [0, 0.05) is 11.0 Å². The molecule has 1 heterocycles. The van der Waals surface area contributed by atoms with Crippen molar-refractivity contribution in [1.29, 1.82) is 0 Å². The Labute approximate surface area is 126 Å². The van der Waals surface area contributed by atoms with Gasteiger partial charge in [-0.15, -0.1) is 12.4 Å². The molecule has 106 valence electrons. The number of aliphatic carboxylic acids is 1. The summed E-state index contributed by atoms with van der Waals surface area (Å²) in [7, 11) is 0. The normalized spacial score (nSPS) is 16.9. The summed E-state index contributed by atoms with van der Waals surface area (Å²) in [6, 6.07) is 4.67. The van der Waals surface area contributed by atoms with E-state index >= 15 is 0 Å². The van der Waals surface area contributed by atoms with Gasteiger partial charge in [-0.1, -0.05) is 22.0 Å². The molecule has 0 bridgehead atoms. The number of carboxylic acids is 1. The van der Waals surface area contributed by atoms with E-state index in [0.717, 1.165) is 29.7 Å². The number of carbonyl (C=O) groups is 1. The first-order valence-corrected chi connectivity index (χ1v) is 6.74. The molecule has 2 rings (SSSR count). The molecule has 0 aliphatic carbocycles. The number of rotatable bonds is 3. The maximum atomic E-state index is 13.0. The lowest BCUT2D eigenvalue weighted by Gasteiger charge is -2.30. The van der Waals surface area contributed by atoms with Crippen molar-refractivity contribution in [1.82, 2.24) is 4.90 Å². The van der Waals surface area contributed by atoms with Crippen LogP contribution in [-0.2, 0) is 11.3 Å². The Morgan fingerprint density at radius 2 is 2.05 bits per heavy atom. The van der Waals surface area contributed by atoms with E-state index in [-0.39, 0.29) is 24.1 Å². The molecule has 1 N–H and O–H groups in total. The summed E-state index contributed by atoms with van der Waals surface area (Å²) in [5.74, 6) is -1.16. The first-order valence-electron chi connectivity index (χ1n) is 5.95. The predicted molar refractivity (Wildman–Crippen MR) is 77.0 cm³/mol. The Kier molecular flexibility index (Phi) is 6.23. The Hall–Kier alpha value is -0.650. The van der Waals surface area contributed by atoms with Crippen LogP contribution in [0.3, 0.4) is 0 Å². The topological polar surface area (TPSA) is 40.5 Å². The average molecular weight is 353 g/mol. The Morgan fingerprint density at radius 1 is 1.42 bits per heavy atom. The summed E-state index contributed by atoms with van der Waals surface area (Å²) in [4.78, 5) is 13.0. The quantitative estimate of drug-likeness (QED) is 0.907. The standard InChI is InChI=1S/C13H15BrFNO2.ClH/c14-12-7-11(15)2-1-10(12)8-16-5-3-9(4-6-16)13(17)18;/h1-2,7,9H,3-6,8H2,(H,17,18);1H. The summed E-state index contributed by atoms with van der Waals surface area (Å²) >= 11 is 3.35. The third-order valence-electron chi connectivity index (χ3n) is 3.35. The third-order valence-corrected chi connectivity index (χ3v) is 4.08. The van der Waals surface area contributed by atoms with Crippen molar-refractivity contribution in [2.75, 3.05) is 13.1 Å². The minimum atomic E-state index is -0.697. The lowest BCUT2D eigenvalue weighted by molar-refractivity contribution is -0.143. The molecule has 1 aliphatic heterocycles. The number of halogens is 3. The van der Waals surface area contributed by atoms with E-state index in [1.807, 2.05) is 0 Å². The zero-order valence-electron chi connectivity index (χ0n) is 10.3. The van der Waals surface area contributed by atoms with Crippen molar-refractivity contribution in [3.63, 3.8) is 0 Å². The van der Waals surface area contributed by atoms with Gasteiger partial charge in [-0.05, 0) is 43.6 Å². The van der Waals surface area contributed by atoms with Crippen molar-refractivity contribution in [2.24, 2.45) is 5.92 Å². The van der Waals surface area contributed by atoms with Gasteiger partial charge in [-0.3, -0.25) is 9.69 Å². The van der Waals surface area contributed by atoms with Gasteiger partial charge in [0.1, 0.15) is 5.82 Å². The number of likely N-dealkylation sites (tertiary alicyclic amines) is 1. The highest BCUT2D eigenvalue weighted by molar-refractivity contribution is 9.10. The lowest BCUT2D eigenvalue weighted by Crippen LogP contribution is -2.35. The van der Waals surface area contributed by atoms with Gasteiger partial charge < -0.3 is 5.11 Å². The molecule has 1 aromatic rings. The summed E-state index contributed by atoms with van der Waals surface area (Å²) in [6.45, 7) is 2.29. The molecule has 3 nitrogen and oxygen atoms in total. The minimum absolute atomic E-state index is 0. The summed E-state index contributed by atoms with van der Waals surface area (Å²) in [6.07, 6.45) is 1.38. The molecular formula is C13H16BrClFNO2. The largest absolute Gasteiger partial charge is 0.481 e. The van der Waals surface area contributed by atoms with Gasteiger partial charge in [-0.25, -0.2) is 4.39 Å². The highest BCUT2D eigenvalue weighted by atomic mass is 79.9. The van der Waals surface area contributed by atoms with Gasteiger partial charge in [0.25, 0.3) is 0 Å². The van der Waals surface area contributed by atoms with Crippen LogP contribution in [-0.4, -0.2) is 29.1 Å². The van der Waals surface area contributed by atoms with Crippen molar-refractivity contribution >= 4 is 34.3 Å². The Morgan fingerprint density at radius 3 is 2.58 bits per heavy atom. The Bertz CT molecular complexity index is 450. The number of benzene rings is 1. The number of hydrogen-bond donors (Lipinski definition) is 1. The van der Waals surface area contributed by atoms with E-state index in [4.69, 9.17) is 5.11 Å². The monoisotopic (exact) mass is 351 g/mol. The molecule has 0 radical (unpaired) electrons. The van der Waals surface area contributed by atoms with Gasteiger partial charge in [0.05, 0.1) is 5.92 Å². The SMILES string of the molecule is Cl.O=C(O)C1CCN(Cc2ccc(F)cc2Br)CC1. The summed E-state index contributed by atoms with van der Waals surface area (Å²) in [5.41, 5.74) is 1.03. The predicted octanol–water partition coefficient (Wildman–Crippen LogP) is 3.31. The van der Waals surface area contributed by atoms with Crippen LogP contribution in [0.2, 0.25) is 0 Å². The smallest absolute Gasteiger partial charge is 0.306 e. The van der Waals surface area contributed by atoms with Gasteiger partial charge in [0.2, 0.25) is 0 Å². The van der Waals surface area contributed by atoms with E-state index in [1.165, 1.54) is 12.1 Å².